The van der Waals surface area contributed by atoms with Gasteiger partial charge in [-0.1, -0.05) is 0 Å². The zero-order valence-electron chi connectivity index (χ0n) is 12.6. The van der Waals surface area contributed by atoms with Gasteiger partial charge in [0.1, 0.15) is 0 Å². The summed E-state index contributed by atoms with van der Waals surface area (Å²) in [6.07, 6.45) is 5.31. The molecule has 22 heavy (non-hydrogen) atoms. The highest BCUT2D eigenvalue weighted by molar-refractivity contribution is 7.89. The molecule has 1 atom stereocenters. The van der Waals surface area contributed by atoms with E-state index in [1.807, 2.05) is 0 Å². The highest BCUT2D eigenvalue weighted by atomic mass is 32.2. The molecule has 2 N–H and O–H groups in total. The third-order valence-corrected chi connectivity index (χ3v) is 6.12. The van der Waals surface area contributed by atoms with E-state index in [1.54, 1.807) is 0 Å². The van der Waals surface area contributed by atoms with Crippen LogP contribution in [0.25, 0.3) is 0 Å². The van der Waals surface area contributed by atoms with Gasteiger partial charge in [0.2, 0.25) is 10.0 Å². The minimum Gasteiger partial charge on any atom is -0.378 e. The molecule has 0 bridgehead atoms. The van der Waals surface area contributed by atoms with Crippen LogP contribution < -0.4 is 10.0 Å². The van der Waals surface area contributed by atoms with Crippen LogP contribution in [0.4, 0.5) is 0 Å². The van der Waals surface area contributed by atoms with Gasteiger partial charge < -0.3 is 10.1 Å². The first-order chi connectivity index (χ1) is 10.5. The van der Waals surface area contributed by atoms with Crippen molar-refractivity contribution < 1.29 is 17.9 Å². The fraction of sp³-hybridized carbons (Fsp3) is 0.643. The van der Waals surface area contributed by atoms with Crippen LogP contribution in [0.1, 0.15) is 41.8 Å². The summed E-state index contributed by atoms with van der Waals surface area (Å²) in [7, 11) is -2.02. The van der Waals surface area contributed by atoms with Gasteiger partial charge in [-0.3, -0.25) is 4.79 Å². The molecule has 2 heterocycles. The molecule has 1 aliphatic rings. The predicted octanol–water partition coefficient (Wildman–Crippen LogP) is 1.74. The second-order valence-corrected chi connectivity index (χ2v) is 7.93. The van der Waals surface area contributed by atoms with E-state index in [-0.39, 0.29) is 10.8 Å². The standard InChI is InChI=1S/C14H22N2O4S2/c1-15-14(17)13-9-12(10-21-13)22(18,19)16-7-3-2-5-11-6-4-8-20-11/h9-11,16H,2-8H2,1H3,(H,15,17). The molecule has 8 heteroatoms. The van der Waals surface area contributed by atoms with Crippen molar-refractivity contribution in [3.63, 3.8) is 0 Å². The number of carbonyl (C=O) groups is 1. The van der Waals surface area contributed by atoms with Gasteiger partial charge in [-0.15, -0.1) is 11.3 Å². The van der Waals surface area contributed by atoms with E-state index in [0.29, 0.717) is 17.5 Å². The van der Waals surface area contributed by atoms with E-state index < -0.39 is 10.0 Å². The number of unbranched alkanes of at least 4 members (excludes halogenated alkanes) is 1. The van der Waals surface area contributed by atoms with E-state index in [9.17, 15) is 13.2 Å². The van der Waals surface area contributed by atoms with Gasteiger partial charge in [0.05, 0.1) is 15.9 Å². The molecule has 124 valence electrons. The summed E-state index contributed by atoms with van der Waals surface area (Å²) in [5.74, 6) is -0.275. The third kappa shape index (κ3) is 4.77. The lowest BCUT2D eigenvalue weighted by molar-refractivity contribution is 0.0966. The summed E-state index contributed by atoms with van der Waals surface area (Å²) in [6.45, 7) is 1.25. The molecule has 0 spiro atoms. The van der Waals surface area contributed by atoms with E-state index in [4.69, 9.17) is 4.74 Å². The Labute approximate surface area is 135 Å². The smallest absolute Gasteiger partial charge is 0.261 e. The van der Waals surface area contributed by atoms with Gasteiger partial charge >= 0.3 is 0 Å². The van der Waals surface area contributed by atoms with Crippen LogP contribution in [0.5, 0.6) is 0 Å². The quantitative estimate of drug-likeness (QED) is 0.702. The molecule has 6 nitrogen and oxygen atoms in total. The van der Waals surface area contributed by atoms with Crippen molar-refractivity contribution in [3.8, 4) is 0 Å². The second kappa shape index (κ2) is 8.05. The van der Waals surface area contributed by atoms with Crippen LogP contribution in [0.2, 0.25) is 0 Å². The number of amides is 1. The highest BCUT2D eigenvalue weighted by Gasteiger charge is 2.18. The summed E-state index contributed by atoms with van der Waals surface area (Å²) in [5, 5.41) is 3.96. The van der Waals surface area contributed by atoms with Gasteiger partial charge in [-0.2, -0.15) is 0 Å². The molecule has 1 amide bonds. The van der Waals surface area contributed by atoms with Crippen molar-refractivity contribution in [2.45, 2.75) is 43.1 Å². The fourth-order valence-corrected chi connectivity index (χ4v) is 4.65. The number of rotatable bonds is 8. The Kier molecular flexibility index (Phi) is 6.37. The number of hydrogen-bond acceptors (Lipinski definition) is 5. The maximum atomic E-state index is 12.1. The van der Waals surface area contributed by atoms with Crippen molar-refractivity contribution >= 4 is 27.3 Å². The second-order valence-electron chi connectivity index (χ2n) is 5.25. The van der Waals surface area contributed by atoms with Crippen LogP contribution in [-0.2, 0) is 14.8 Å². The normalized spacial score (nSPS) is 18.5. The Hall–Kier alpha value is -0.960. The molecule has 0 radical (unpaired) electrons. The Morgan fingerprint density at radius 3 is 2.95 bits per heavy atom. The summed E-state index contributed by atoms with van der Waals surface area (Å²) >= 11 is 1.12. The Morgan fingerprint density at radius 1 is 1.45 bits per heavy atom. The molecule has 0 saturated carbocycles. The number of thiophene rings is 1. The zero-order valence-corrected chi connectivity index (χ0v) is 14.3. The monoisotopic (exact) mass is 346 g/mol. The molecular weight excluding hydrogens is 324 g/mol. The largest absolute Gasteiger partial charge is 0.378 e. The first kappa shape index (κ1) is 17.4. The summed E-state index contributed by atoms with van der Waals surface area (Å²) in [4.78, 5) is 12.0. The maximum Gasteiger partial charge on any atom is 0.261 e. The van der Waals surface area contributed by atoms with Crippen molar-refractivity contribution in [1.29, 1.82) is 0 Å². The molecule has 1 saturated heterocycles. The number of ether oxygens (including phenoxy) is 1. The number of carbonyl (C=O) groups excluding carboxylic acids is 1. The average Bonchev–Trinajstić information content (AvgIpc) is 3.17. The molecule has 0 aliphatic carbocycles. The molecule has 2 rings (SSSR count). The fourth-order valence-electron chi connectivity index (χ4n) is 2.36. The van der Waals surface area contributed by atoms with Gasteiger partial charge in [0, 0.05) is 25.6 Å². The minimum atomic E-state index is -3.53. The maximum absolute atomic E-state index is 12.1. The topological polar surface area (TPSA) is 84.5 Å². The lowest BCUT2D eigenvalue weighted by atomic mass is 10.1. The molecule has 0 aromatic carbocycles. The molecule has 1 unspecified atom stereocenters. The van der Waals surface area contributed by atoms with Gasteiger partial charge in [0.25, 0.3) is 5.91 Å². The number of nitrogens with one attached hydrogen (secondary N) is 2. The van der Waals surface area contributed by atoms with Crippen LogP contribution in [0.15, 0.2) is 16.3 Å². The zero-order chi connectivity index (χ0) is 16.0. The minimum absolute atomic E-state index is 0.148. The number of hydrogen-bond donors (Lipinski definition) is 2. The lowest BCUT2D eigenvalue weighted by Crippen LogP contribution is -2.24. The molecule has 1 aromatic rings. The summed E-state index contributed by atoms with van der Waals surface area (Å²) in [5.41, 5.74) is 0. The third-order valence-electron chi connectivity index (χ3n) is 3.61. The Morgan fingerprint density at radius 2 is 2.27 bits per heavy atom. The molecule has 1 fully saturated rings. The first-order valence-corrected chi connectivity index (χ1v) is 9.81. The predicted molar refractivity (Wildman–Crippen MR) is 85.7 cm³/mol. The van der Waals surface area contributed by atoms with Crippen molar-refractivity contribution in [2.75, 3.05) is 20.2 Å². The van der Waals surface area contributed by atoms with Crippen molar-refractivity contribution in [3.05, 3.63) is 16.3 Å². The van der Waals surface area contributed by atoms with E-state index in [2.05, 4.69) is 10.0 Å². The van der Waals surface area contributed by atoms with E-state index in [1.165, 1.54) is 18.5 Å². The van der Waals surface area contributed by atoms with Crippen molar-refractivity contribution in [1.82, 2.24) is 10.0 Å². The average molecular weight is 346 g/mol. The van der Waals surface area contributed by atoms with Crippen LogP contribution in [0, 0.1) is 0 Å². The molecule has 1 aliphatic heterocycles. The Balaban J connectivity index is 1.75. The van der Waals surface area contributed by atoms with Gasteiger partial charge in [0.15, 0.2) is 0 Å². The SMILES string of the molecule is CNC(=O)c1cc(S(=O)(=O)NCCCCC2CCCO2)cs1. The van der Waals surface area contributed by atoms with E-state index >= 15 is 0 Å². The number of sulfonamides is 1. The summed E-state index contributed by atoms with van der Waals surface area (Å²) in [6, 6.07) is 1.40. The van der Waals surface area contributed by atoms with Crippen molar-refractivity contribution in [2.24, 2.45) is 0 Å². The van der Waals surface area contributed by atoms with Gasteiger partial charge in [-0.25, -0.2) is 13.1 Å². The first-order valence-electron chi connectivity index (χ1n) is 7.45. The van der Waals surface area contributed by atoms with Gasteiger partial charge in [-0.05, 0) is 38.2 Å². The lowest BCUT2D eigenvalue weighted by Gasteiger charge is -2.09. The highest BCUT2D eigenvalue weighted by Crippen LogP contribution is 2.20. The van der Waals surface area contributed by atoms with Crippen LogP contribution >= 0.6 is 11.3 Å². The Bertz CT molecular complexity index is 592. The molecule has 1 aromatic heterocycles. The van der Waals surface area contributed by atoms with E-state index in [0.717, 1.165) is 50.0 Å². The van der Waals surface area contributed by atoms with Crippen LogP contribution in [0.3, 0.4) is 0 Å². The summed E-state index contributed by atoms with van der Waals surface area (Å²) < 4.78 is 32.3. The van der Waals surface area contributed by atoms with Crippen LogP contribution in [-0.4, -0.2) is 40.6 Å². The molecular formula is C14H22N2O4S2.